The highest BCUT2D eigenvalue weighted by Crippen LogP contribution is 2.44. The summed E-state index contributed by atoms with van der Waals surface area (Å²) in [5.74, 6) is 0.449. The average Bonchev–Trinajstić information content (AvgIpc) is 3.13. The summed E-state index contributed by atoms with van der Waals surface area (Å²) in [5.41, 5.74) is 10.1. The molecule has 0 heterocycles. The van der Waals surface area contributed by atoms with Crippen molar-refractivity contribution >= 4 is 13.6 Å². The summed E-state index contributed by atoms with van der Waals surface area (Å²) in [6.07, 6.45) is 12.7. The van der Waals surface area contributed by atoms with Gasteiger partial charge in [0.1, 0.15) is 0 Å². The van der Waals surface area contributed by atoms with Gasteiger partial charge in [-0.2, -0.15) is 0 Å². The molecule has 138 valence electrons. The molecule has 0 N–H and O–H groups in total. The zero-order valence-electron chi connectivity index (χ0n) is 17.6. The van der Waals surface area contributed by atoms with Crippen molar-refractivity contribution in [1.82, 2.24) is 9.80 Å². The third kappa shape index (κ3) is 3.03. The zero-order valence-corrected chi connectivity index (χ0v) is 18.6. The third-order valence-electron chi connectivity index (χ3n) is 5.56. The van der Waals surface area contributed by atoms with Crippen LogP contribution in [0.5, 0.6) is 0 Å². The summed E-state index contributed by atoms with van der Waals surface area (Å²) in [4.78, 5) is 4.60. The van der Waals surface area contributed by atoms with Crippen molar-refractivity contribution < 1.29 is 0 Å². The molecule has 0 aromatic rings. The molecule has 1 unspecified atom stereocenters. The molecular weight excluding hydrogens is 332 g/mol. The topological polar surface area (TPSA) is 6.48 Å². The monoisotopic (exact) mass is 364 g/mol. The average molecular weight is 365 g/mol. The SMILES string of the molecule is CC1=CC2=CC(N(C)C)=C(N(C)C)C(=[Si](C)C)C(C)C2=C1C1=CC=CC1. The first kappa shape index (κ1) is 18.9. The number of rotatable bonds is 3. The number of fused-ring (bicyclic) bond motifs is 1. The van der Waals surface area contributed by atoms with Gasteiger partial charge in [-0.25, -0.2) is 0 Å². The molecule has 0 spiro atoms. The highest BCUT2D eigenvalue weighted by Gasteiger charge is 2.33. The van der Waals surface area contributed by atoms with Crippen LogP contribution in [0.15, 0.2) is 69.6 Å². The lowest BCUT2D eigenvalue weighted by atomic mass is 9.87. The molecule has 3 aliphatic rings. The van der Waals surface area contributed by atoms with Crippen LogP contribution in [-0.4, -0.2) is 51.6 Å². The maximum Gasteiger partial charge on any atom is 0.0603 e. The normalized spacial score (nSPS) is 22.2. The molecule has 0 saturated heterocycles. The molecule has 1 atom stereocenters. The third-order valence-corrected chi connectivity index (χ3v) is 7.31. The van der Waals surface area contributed by atoms with Crippen LogP contribution in [0.2, 0.25) is 13.1 Å². The quantitative estimate of drug-likeness (QED) is 0.678. The number of nitrogens with zero attached hydrogens (tertiary/aromatic N) is 2. The fraction of sp³-hybridized carbons (Fsp3) is 0.435. The van der Waals surface area contributed by atoms with Crippen LogP contribution in [0.25, 0.3) is 0 Å². The molecule has 2 nitrogen and oxygen atoms in total. The van der Waals surface area contributed by atoms with Gasteiger partial charge in [-0.15, -0.1) is 0 Å². The first-order valence-corrected chi connectivity index (χ1v) is 12.0. The van der Waals surface area contributed by atoms with Crippen LogP contribution < -0.4 is 0 Å². The Kier molecular flexibility index (Phi) is 5.11. The van der Waals surface area contributed by atoms with E-state index in [0.717, 1.165) is 6.42 Å². The van der Waals surface area contributed by atoms with Gasteiger partial charge in [0.05, 0.1) is 11.4 Å². The number of hydrogen-bond acceptors (Lipinski definition) is 2. The van der Waals surface area contributed by atoms with Gasteiger partial charge in [-0.3, -0.25) is 0 Å². The summed E-state index contributed by atoms with van der Waals surface area (Å²) in [5, 5.41) is 1.64. The van der Waals surface area contributed by atoms with Crippen LogP contribution in [0.4, 0.5) is 0 Å². The molecule has 0 amide bonds. The van der Waals surface area contributed by atoms with E-state index < -0.39 is 8.41 Å². The van der Waals surface area contributed by atoms with E-state index in [-0.39, 0.29) is 0 Å². The predicted molar refractivity (Wildman–Crippen MR) is 117 cm³/mol. The molecule has 0 aromatic carbocycles. The summed E-state index contributed by atoms with van der Waals surface area (Å²) in [7, 11) is 8.11. The Morgan fingerprint density at radius 3 is 2.23 bits per heavy atom. The molecule has 3 aliphatic carbocycles. The molecule has 0 aromatic heterocycles. The predicted octanol–water partition coefficient (Wildman–Crippen LogP) is 4.55. The second-order valence-corrected chi connectivity index (χ2v) is 10.7. The highest BCUT2D eigenvalue weighted by molar-refractivity contribution is 6.72. The van der Waals surface area contributed by atoms with E-state index in [1.54, 1.807) is 5.17 Å². The van der Waals surface area contributed by atoms with Gasteiger partial charge in [0.15, 0.2) is 0 Å². The van der Waals surface area contributed by atoms with Gasteiger partial charge < -0.3 is 9.80 Å². The first-order chi connectivity index (χ1) is 12.2. The minimum atomic E-state index is -0.602. The molecular formula is C23H32N2Si. The molecule has 0 radical (unpaired) electrons. The van der Waals surface area contributed by atoms with Crippen LogP contribution in [0, 0.1) is 5.92 Å². The standard InChI is InChI=1S/C23H32N2Si/c1-15-13-18-14-19(24(3)4)22(25(5)6)23(26(7)8)16(2)21(18)20(15)17-11-9-10-12-17/h9-11,13-14,16H,12H2,1-8H3. The Labute approximate surface area is 160 Å². The minimum absolute atomic E-state index is 0.449. The van der Waals surface area contributed by atoms with Gasteiger partial charge in [0.2, 0.25) is 0 Å². The van der Waals surface area contributed by atoms with E-state index in [1.807, 2.05) is 0 Å². The lowest BCUT2D eigenvalue weighted by molar-refractivity contribution is 0.470. The van der Waals surface area contributed by atoms with E-state index >= 15 is 0 Å². The Morgan fingerprint density at radius 1 is 1.04 bits per heavy atom. The van der Waals surface area contributed by atoms with Crippen LogP contribution in [0.3, 0.4) is 0 Å². The fourth-order valence-electron chi connectivity index (χ4n) is 4.57. The lowest BCUT2D eigenvalue weighted by Gasteiger charge is -2.30. The molecule has 0 bridgehead atoms. The Hall–Kier alpha value is -1.87. The van der Waals surface area contributed by atoms with E-state index in [4.69, 9.17) is 0 Å². The largest absolute Gasteiger partial charge is 0.376 e. The first-order valence-electron chi connectivity index (χ1n) is 9.51. The Morgan fingerprint density at radius 2 is 1.73 bits per heavy atom. The molecule has 3 heteroatoms. The van der Waals surface area contributed by atoms with Crippen molar-refractivity contribution in [1.29, 1.82) is 0 Å². The van der Waals surface area contributed by atoms with Gasteiger partial charge in [-0.05, 0) is 52.5 Å². The maximum absolute atomic E-state index is 2.43. The summed E-state index contributed by atoms with van der Waals surface area (Å²) in [6, 6.07) is 0. The van der Waals surface area contributed by atoms with Crippen molar-refractivity contribution in [2.75, 3.05) is 28.2 Å². The fourth-order valence-corrected chi connectivity index (χ4v) is 6.40. The van der Waals surface area contributed by atoms with Crippen molar-refractivity contribution in [3.8, 4) is 0 Å². The Balaban J connectivity index is 2.33. The molecule has 0 fully saturated rings. The highest BCUT2D eigenvalue weighted by atomic mass is 28.2. The van der Waals surface area contributed by atoms with E-state index in [2.05, 4.69) is 95.3 Å². The van der Waals surface area contributed by atoms with E-state index in [1.165, 1.54) is 39.3 Å². The maximum atomic E-state index is 2.43. The lowest BCUT2D eigenvalue weighted by Crippen LogP contribution is -2.32. The van der Waals surface area contributed by atoms with Gasteiger partial charge in [-0.1, -0.05) is 44.3 Å². The number of allylic oxidation sites excluding steroid dienone is 11. The van der Waals surface area contributed by atoms with Crippen molar-refractivity contribution in [2.45, 2.75) is 33.4 Å². The van der Waals surface area contributed by atoms with Crippen molar-refractivity contribution in [3.63, 3.8) is 0 Å². The van der Waals surface area contributed by atoms with Crippen LogP contribution >= 0.6 is 0 Å². The number of hydrogen-bond donors (Lipinski definition) is 0. The second-order valence-electron chi connectivity index (χ2n) is 8.20. The Bertz CT molecular complexity index is 851. The molecule has 3 rings (SSSR count). The van der Waals surface area contributed by atoms with Crippen molar-refractivity contribution in [2.24, 2.45) is 5.92 Å². The van der Waals surface area contributed by atoms with Gasteiger partial charge >= 0.3 is 0 Å². The van der Waals surface area contributed by atoms with Crippen LogP contribution in [-0.2, 0) is 0 Å². The summed E-state index contributed by atoms with van der Waals surface area (Å²) in [6.45, 7) is 9.57. The minimum Gasteiger partial charge on any atom is -0.376 e. The second kappa shape index (κ2) is 7.03. The van der Waals surface area contributed by atoms with Crippen molar-refractivity contribution in [3.05, 3.63) is 69.6 Å². The summed E-state index contributed by atoms with van der Waals surface area (Å²) < 4.78 is 0. The van der Waals surface area contributed by atoms with Gasteiger partial charge in [0, 0.05) is 42.5 Å². The van der Waals surface area contributed by atoms with Gasteiger partial charge in [0.25, 0.3) is 0 Å². The van der Waals surface area contributed by atoms with E-state index in [9.17, 15) is 0 Å². The number of likely N-dealkylation sites (N-methyl/N-ethyl adjacent to an activating group) is 1. The molecule has 0 saturated carbocycles. The summed E-state index contributed by atoms with van der Waals surface area (Å²) >= 11 is 0. The molecule has 26 heavy (non-hydrogen) atoms. The van der Waals surface area contributed by atoms with E-state index in [0.29, 0.717) is 5.92 Å². The smallest absolute Gasteiger partial charge is 0.0603 e. The zero-order chi connectivity index (χ0) is 19.2. The molecule has 0 aliphatic heterocycles. The van der Waals surface area contributed by atoms with Crippen LogP contribution in [0.1, 0.15) is 20.3 Å².